The molecule has 0 bridgehead atoms. The minimum Gasteiger partial charge on any atom is -0.463 e. The molecule has 0 amide bonds. The molecule has 1 nitrogen and oxygen atoms in total. The minimum atomic E-state index is -0.332. The van der Waals surface area contributed by atoms with E-state index in [1.807, 2.05) is 6.07 Å². The summed E-state index contributed by atoms with van der Waals surface area (Å²) in [5, 5.41) is 0.705. The first kappa shape index (κ1) is 12.4. The van der Waals surface area contributed by atoms with Crippen molar-refractivity contribution >= 4 is 26.9 Å². The molecule has 3 rings (SSSR count). The van der Waals surface area contributed by atoms with E-state index in [4.69, 9.17) is 4.42 Å². The Morgan fingerprint density at radius 1 is 1.05 bits per heavy atom. The summed E-state index contributed by atoms with van der Waals surface area (Å²) in [5.41, 5.74) is 2.26. The maximum absolute atomic E-state index is 13.4. The number of benzene rings is 2. The molecule has 0 aliphatic heterocycles. The summed E-state index contributed by atoms with van der Waals surface area (Å²) in [5.74, 6) is -0.612. The summed E-state index contributed by atoms with van der Waals surface area (Å²) >= 11 is 3.26. The summed E-state index contributed by atoms with van der Waals surface area (Å²) < 4.78 is 32.6. The summed E-state index contributed by atoms with van der Waals surface area (Å²) in [6.07, 6.45) is 2.08. The Balaban J connectivity index is 2.06. The average Bonchev–Trinajstić information content (AvgIpc) is 2.73. The van der Waals surface area contributed by atoms with Gasteiger partial charge in [0.25, 0.3) is 0 Å². The maximum atomic E-state index is 13.4. The molecule has 3 aromatic rings. The normalized spacial score (nSPS) is 11.1. The van der Waals surface area contributed by atoms with Crippen molar-refractivity contribution in [1.29, 1.82) is 0 Å². The van der Waals surface area contributed by atoms with Crippen LogP contribution >= 0.6 is 15.9 Å². The van der Waals surface area contributed by atoms with Crippen molar-refractivity contribution in [1.82, 2.24) is 0 Å². The van der Waals surface area contributed by atoms with Gasteiger partial charge in [-0.1, -0.05) is 12.1 Å². The molecule has 19 heavy (non-hydrogen) atoms. The van der Waals surface area contributed by atoms with Crippen LogP contribution < -0.4 is 0 Å². The predicted molar refractivity (Wildman–Crippen MR) is 73.1 cm³/mol. The van der Waals surface area contributed by atoms with Crippen LogP contribution in [0.5, 0.6) is 0 Å². The number of hydrogen-bond donors (Lipinski definition) is 0. The largest absolute Gasteiger partial charge is 0.463 e. The van der Waals surface area contributed by atoms with Crippen molar-refractivity contribution in [3.63, 3.8) is 0 Å². The van der Waals surface area contributed by atoms with Crippen molar-refractivity contribution in [3.8, 4) is 0 Å². The van der Waals surface area contributed by atoms with Crippen LogP contribution in [0.1, 0.15) is 11.1 Å². The predicted octanol–water partition coefficient (Wildman–Crippen LogP) is 5.06. The quantitative estimate of drug-likeness (QED) is 0.642. The molecule has 0 aliphatic rings. The van der Waals surface area contributed by atoms with Crippen molar-refractivity contribution in [2.24, 2.45) is 0 Å². The fourth-order valence-electron chi connectivity index (χ4n) is 2.12. The zero-order valence-electron chi connectivity index (χ0n) is 9.79. The van der Waals surface area contributed by atoms with Gasteiger partial charge in [0.2, 0.25) is 0 Å². The molecule has 0 spiro atoms. The maximum Gasteiger partial charge on any atom is 0.148 e. The lowest BCUT2D eigenvalue weighted by Gasteiger charge is -2.00. The van der Waals surface area contributed by atoms with Crippen molar-refractivity contribution < 1.29 is 13.2 Å². The second kappa shape index (κ2) is 4.78. The Morgan fingerprint density at radius 3 is 2.68 bits per heavy atom. The Hall–Kier alpha value is -1.68. The molecule has 4 heteroatoms. The molecule has 0 fully saturated rings. The highest BCUT2D eigenvalue weighted by Gasteiger charge is 2.11. The van der Waals surface area contributed by atoms with Crippen LogP contribution in [0.25, 0.3) is 11.0 Å². The first-order valence-corrected chi connectivity index (χ1v) is 6.52. The average molecular weight is 323 g/mol. The lowest BCUT2D eigenvalue weighted by molar-refractivity contribution is 0.604. The Morgan fingerprint density at radius 2 is 1.89 bits per heavy atom. The molecular weight excluding hydrogens is 314 g/mol. The summed E-state index contributed by atoms with van der Waals surface area (Å²) in [6, 6.07) is 9.14. The van der Waals surface area contributed by atoms with Gasteiger partial charge in [-0.3, -0.25) is 0 Å². The SMILES string of the molecule is Fc1cccc(Cc2coc3c(Br)cc(F)cc23)c1. The zero-order chi connectivity index (χ0) is 13.4. The molecule has 2 aromatic carbocycles. The fourth-order valence-corrected chi connectivity index (χ4v) is 2.64. The van der Waals surface area contributed by atoms with E-state index in [0.29, 0.717) is 21.9 Å². The number of hydrogen-bond acceptors (Lipinski definition) is 1. The van der Waals surface area contributed by atoms with Gasteiger partial charge in [0, 0.05) is 17.4 Å². The Labute approximate surface area is 117 Å². The Kier molecular flexibility index (Phi) is 3.11. The highest BCUT2D eigenvalue weighted by atomic mass is 79.9. The smallest absolute Gasteiger partial charge is 0.148 e. The van der Waals surface area contributed by atoms with E-state index in [0.717, 1.165) is 11.1 Å². The third-order valence-electron chi connectivity index (χ3n) is 2.96. The van der Waals surface area contributed by atoms with Gasteiger partial charge in [0.1, 0.15) is 17.2 Å². The summed E-state index contributed by atoms with van der Waals surface area (Å²) in [7, 11) is 0. The summed E-state index contributed by atoms with van der Waals surface area (Å²) in [6.45, 7) is 0. The first-order chi connectivity index (χ1) is 9.13. The molecule has 1 aromatic heterocycles. The van der Waals surface area contributed by atoms with E-state index >= 15 is 0 Å². The minimum absolute atomic E-state index is 0.280. The van der Waals surface area contributed by atoms with Gasteiger partial charge in [-0.2, -0.15) is 0 Å². The monoisotopic (exact) mass is 322 g/mol. The molecule has 0 radical (unpaired) electrons. The van der Waals surface area contributed by atoms with Gasteiger partial charge >= 0.3 is 0 Å². The molecule has 0 N–H and O–H groups in total. The molecule has 0 saturated carbocycles. The van der Waals surface area contributed by atoms with Crippen molar-refractivity contribution in [2.75, 3.05) is 0 Å². The van der Waals surface area contributed by atoms with Crippen LogP contribution in [0, 0.1) is 11.6 Å². The van der Waals surface area contributed by atoms with E-state index < -0.39 is 0 Å². The van der Waals surface area contributed by atoms with Crippen LogP contribution in [0.4, 0.5) is 8.78 Å². The molecule has 1 heterocycles. The van der Waals surface area contributed by atoms with Crippen LogP contribution in [-0.4, -0.2) is 0 Å². The van der Waals surface area contributed by atoms with E-state index in [-0.39, 0.29) is 11.6 Å². The second-order valence-corrected chi connectivity index (χ2v) is 5.19. The third-order valence-corrected chi connectivity index (χ3v) is 3.55. The number of halogens is 3. The highest BCUT2D eigenvalue weighted by molar-refractivity contribution is 9.10. The van der Waals surface area contributed by atoms with Gasteiger partial charge < -0.3 is 4.42 Å². The van der Waals surface area contributed by atoms with E-state index in [1.165, 1.54) is 24.3 Å². The molecule has 96 valence electrons. The molecular formula is C15H9BrF2O. The van der Waals surface area contributed by atoms with Gasteiger partial charge in [-0.15, -0.1) is 0 Å². The molecule has 0 atom stereocenters. The standard InChI is InChI=1S/C15H9BrF2O/c16-14-7-12(18)6-13-10(8-19-15(13)14)4-9-2-1-3-11(17)5-9/h1-3,5-8H,4H2. The van der Waals surface area contributed by atoms with E-state index in [1.54, 1.807) is 12.3 Å². The van der Waals surface area contributed by atoms with Crippen molar-refractivity contribution in [3.05, 3.63) is 69.9 Å². The fraction of sp³-hybridized carbons (Fsp3) is 0.0667. The van der Waals surface area contributed by atoms with Crippen LogP contribution in [0.2, 0.25) is 0 Å². The molecule has 0 unspecified atom stereocenters. The topological polar surface area (TPSA) is 13.1 Å². The third kappa shape index (κ3) is 2.40. The van der Waals surface area contributed by atoms with E-state index in [9.17, 15) is 8.78 Å². The number of fused-ring (bicyclic) bond motifs is 1. The first-order valence-electron chi connectivity index (χ1n) is 5.73. The lowest BCUT2D eigenvalue weighted by atomic mass is 10.0. The highest BCUT2D eigenvalue weighted by Crippen LogP contribution is 2.30. The van der Waals surface area contributed by atoms with Gasteiger partial charge in [-0.25, -0.2) is 8.78 Å². The van der Waals surface area contributed by atoms with Crippen LogP contribution in [0.15, 0.2) is 51.6 Å². The Bertz CT molecular complexity index is 749. The number of furan rings is 1. The van der Waals surface area contributed by atoms with Crippen LogP contribution in [0.3, 0.4) is 0 Å². The lowest BCUT2D eigenvalue weighted by Crippen LogP contribution is -1.88. The molecule has 0 saturated heterocycles. The number of rotatable bonds is 2. The van der Waals surface area contributed by atoms with Crippen LogP contribution in [-0.2, 0) is 6.42 Å². The molecule has 0 aliphatic carbocycles. The van der Waals surface area contributed by atoms with Gasteiger partial charge in [-0.05, 0) is 45.8 Å². The van der Waals surface area contributed by atoms with E-state index in [2.05, 4.69) is 15.9 Å². The second-order valence-electron chi connectivity index (χ2n) is 4.33. The van der Waals surface area contributed by atoms with Crippen molar-refractivity contribution in [2.45, 2.75) is 6.42 Å². The van der Waals surface area contributed by atoms with Gasteiger partial charge in [0.15, 0.2) is 0 Å². The zero-order valence-corrected chi connectivity index (χ0v) is 11.4. The summed E-state index contributed by atoms with van der Waals surface area (Å²) in [4.78, 5) is 0. The van der Waals surface area contributed by atoms with Gasteiger partial charge in [0.05, 0.1) is 10.7 Å².